The van der Waals surface area contributed by atoms with Crippen LogP contribution in [0.2, 0.25) is 0 Å². The van der Waals surface area contributed by atoms with Crippen LogP contribution in [0.3, 0.4) is 0 Å². The molecule has 6 nitrogen and oxygen atoms in total. The lowest BCUT2D eigenvalue weighted by molar-refractivity contribution is 0.0734. The third-order valence-corrected chi connectivity index (χ3v) is 6.74. The van der Waals surface area contributed by atoms with Gasteiger partial charge in [0.2, 0.25) is 0 Å². The Hall–Kier alpha value is -3.80. The second-order valence-electron chi connectivity index (χ2n) is 10.1. The summed E-state index contributed by atoms with van der Waals surface area (Å²) in [5.41, 5.74) is 2.40. The van der Waals surface area contributed by atoms with E-state index in [-0.39, 0.29) is 0 Å². The molecule has 0 radical (unpaired) electrons. The molecule has 6 heteroatoms. The maximum Gasteiger partial charge on any atom is 0.513 e. The molecule has 0 spiro atoms. The molecule has 0 aliphatic carbocycles. The van der Waals surface area contributed by atoms with Gasteiger partial charge >= 0.3 is 12.1 Å². The zero-order valence-electron chi connectivity index (χ0n) is 24.0. The molecule has 0 bridgehead atoms. The fourth-order valence-electron chi connectivity index (χ4n) is 3.98. The molecular weight excluding hydrogens is 504 g/mol. The molecule has 0 heterocycles. The van der Waals surface area contributed by atoms with E-state index in [2.05, 4.69) is 20.8 Å². The van der Waals surface area contributed by atoms with Crippen molar-refractivity contribution in [1.82, 2.24) is 0 Å². The van der Waals surface area contributed by atoms with Crippen LogP contribution in [-0.2, 0) is 4.74 Å². The molecule has 0 N–H and O–H groups in total. The molecule has 0 fully saturated rings. The van der Waals surface area contributed by atoms with Gasteiger partial charge < -0.3 is 18.9 Å². The summed E-state index contributed by atoms with van der Waals surface area (Å²) < 4.78 is 21.7. The predicted octanol–water partition coefficient (Wildman–Crippen LogP) is 9.26. The van der Waals surface area contributed by atoms with Gasteiger partial charge in [-0.3, -0.25) is 0 Å². The molecule has 0 saturated carbocycles. The summed E-state index contributed by atoms with van der Waals surface area (Å²) >= 11 is 0. The van der Waals surface area contributed by atoms with Crippen molar-refractivity contribution in [2.45, 2.75) is 72.1 Å². The highest BCUT2D eigenvalue weighted by molar-refractivity contribution is 5.91. The van der Waals surface area contributed by atoms with Gasteiger partial charge in [0.15, 0.2) is 0 Å². The number of rotatable bonds is 16. The molecule has 0 unspecified atom stereocenters. The lowest BCUT2D eigenvalue weighted by atomic mass is 10.1. The molecule has 3 rings (SSSR count). The van der Waals surface area contributed by atoms with Crippen LogP contribution >= 0.6 is 0 Å². The Bertz CT molecular complexity index is 1150. The Labute approximate surface area is 238 Å². The predicted molar refractivity (Wildman–Crippen MR) is 158 cm³/mol. The minimum Gasteiger partial charge on any atom is -0.493 e. The number of hydrogen-bond acceptors (Lipinski definition) is 6. The second kappa shape index (κ2) is 17.0. The molecule has 1 atom stereocenters. The first-order valence-electron chi connectivity index (χ1n) is 14.5. The van der Waals surface area contributed by atoms with Gasteiger partial charge in [-0.2, -0.15) is 0 Å². The smallest absolute Gasteiger partial charge is 0.493 e. The quantitative estimate of drug-likeness (QED) is 0.0772. The van der Waals surface area contributed by atoms with Gasteiger partial charge in [0.1, 0.15) is 17.2 Å². The van der Waals surface area contributed by atoms with Crippen molar-refractivity contribution in [2.75, 3.05) is 13.2 Å². The summed E-state index contributed by atoms with van der Waals surface area (Å²) in [6, 6.07) is 21.5. The van der Waals surface area contributed by atoms with Crippen molar-refractivity contribution >= 4 is 12.1 Å². The molecule has 0 aromatic heterocycles. The van der Waals surface area contributed by atoms with Crippen molar-refractivity contribution in [3.8, 4) is 28.4 Å². The fourth-order valence-corrected chi connectivity index (χ4v) is 3.98. The maximum absolute atomic E-state index is 12.6. The fraction of sp³-hybridized carbons (Fsp3) is 0.412. The van der Waals surface area contributed by atoms with E-state index in [0.29, 0.717) is 36.2 Å². The highest BCUT2D eigenvalue weighted by Crippen LogP contribution is 2.25. The van der Waals surface area contributed by atoms with Crippen molar-refractivity contribution in [1.29, 1.82) is 0 Å². The summed E-state index contributed by atoms with van der Waals surface area (Å²) in [6.07, 6.45) is 8.36. The van der Waals surface area contributed by atoms with E-state index in [0.717, 1.165) is 42.6 Å². The van der Waals surface area contributed by atoms with Gasteiger partial charge in [0, 0.05) is 0 Å². The summed E-state index contributed by atoms with van der Waals surface area (Å²) in [7, 11) is 0. The van der Waals surface area contributed by atoms with Gasteiger partial charge in [0.25, 0.3) is 0 Å². The second-order valence-corrected chi connectivity index (χ2v) is 10.1. The summed E-state index contributed by atoms with van der Waals surface area (Å²) in [5.74, 6) is 1.63. The maximum atomic E-state index is 12.6. The monoisotopic (exact) mass is 546 g/mol. The number of carbonyl (C=O) groups excluding carboxylic acids is 2. The van der Waals surface area contributed by atoms with Crippen molar-refractivity contribution in [2.24, 2.45) is 5.92 Å². The summed E-state index contributed by atoms with van der Waals surface area (Å²) in [4.78, 5) is 24.5. The van der Waals surface area contributed by atoms with Gasteiger partial charge in [-0.25, -0.2) is 9.59 Å². The average molecular weight is 547 g/mol. The molecule has 214 valence electrons. The van der Waals surface area contributed by atoms with Gasteiger partial charge in [-0.15, -0.1) is 0 Å². The number of unbranched alkanes of at least 4 members (excludes halogenated alkanes) is 6. The Morgan fingerprint density at radius 1 is 0.650 bits per heavy atom. The molecule has 0 aliphatic heterocycles. The highest BCUT2D eigenvalue weighted by Gasteiger charge is 2.11. The van der Waals surface area contributed by atoms with E-state index in [1.54, 1.807) is 36.4 Å². The SMILES string of the molecule is CCCCCCCCCOC(=O)Oc1ccc(C(=O)Oc2ccc(-c3ccc(OC[C@@H](C)CC)cc3)cc2)cc1. The van der Waals surface area contributed by atoms with E-state index in [4.69, 9.17) is 18.9 Å². The largest absolute Gasteiger partial charge is 0.513 e. The van der Waals surface area contributed by atoms with Crippen molar-refractivity contribution in [3.63, 3.8) is 0 Å². The van der Waals surface area contributed by atoms with E-state index < -0.39 is 12.1 Å². The third-order valence-electron chi connectivity index (χ3n) is 6.74. The summed E-state index contributed by atoms with van der Waals surface area (Å²) in [5, 5.41) is 0. The van der Waals surface area contributed by atoms with Crippen molar-refractivity contribution in [3.05, 3.63) is 78.4 Å². The Morgan fingerprint density at radius 2 is 1.18 bits per heavy atom. The lowest BCUT2D eigenvalue weighted by Gasteiger charge is -2.11. The lowest BCUT2D eigenvalue weighted by Crippen LogP contribution is -2.12. The van der Waals surface area contributed by atoms with Gasteiger partial charge in [-0.1, -0.05) is 90.0 Å². The topological polar surface area (TPSA) is 71.1 Å². The molecule has 0 amide bonds. The van der Waals surface area contributed by atoms with Gasteiger partial charge in [-0.05, 0) is 72.0 Å². The zero-order chi connectivity index (χ0) is 28.6. The molecule has 3 aromatic carbocycles. The molecule has 0 saturated heterocycles. The van der Waals surface area contributed by atoms with Crippen molar-refractivity contribution < 1.29 is 28.5 Å². The number of hydrogen-bond donors (Lipinski definition) is 0. The number of ether oxygens (including phenoxy) is 4. The number of esters is 1. The van der Waals surface area contributed by atoms with E-state index in [1.807, 2.05) is 36.4 Å². The minimum absolute atomic E-state index is 0.307. The zero-order valence-corrected chi connectivity index (χ0v) is 24.0. The van der Waals surface area contributed by atoms with E-state index >= 15 is 0 Å². The molecule has 3 aromatic rings. The first-order valence-corrected chi connectivity index (χ1v) is 14.5. The normalized spacial score (nSPS) is 11.5. The van der Waals surface area contributed by atoms with Crippen LogP contribution in [-0.4, -0.2) is 25.3 Å². The molecule has 40 heavy (non-hydrogen) atoms. The summed E-state index contributed by atoms with van der Waals surface area (Å²) in [6.45, 7) is 7.57. The first kappa shape index (κ1) is 30.7. The Kier molecular flexibility index (Phi) is 13.1. The average Bonchev–Trinajstić information content (AvgIpc) is 2.98. The van der Waals surface area contributed by atoms with E-state index in [9.17, 15) is 9.59 Å². The number of carbonyl (C=O) groups is 2. The van der Waals surface area contributed by atoms with Crippen LogP contribution in [0.5, 0.6) is 17.2 Å². The van der Waals surface area contributed by atoms with Crippen LogP contribution in [0.1, 0.15) is 82.5 Å². The van der Waals surface area contributed by atoms with Crippen LogP contribution in [0.4, 0.5) is 4.79 Å². The Morgan fingerprint density at radius 3 is 1.77 bits per heavy atom. The molecule has 0 aliphatic rings. The van der Waals surface area contributed by atoms with Crippen LogP contribution in [0.25, 0.3) is 11.1 Å². The third kappa shape index (κ3) is 10.8. The van der Waals surface area contributed by atoms with Crippen LogP contribution < -0.4 is 14.2 Å². The highest BCUT2D eigenvalue weighted by atomic mass is 16.7. The first-order chi connectivity index (χ1) is 19.5. The van der Waals surface area contributed by atoms with E-state index in [1.165, 1.54) is 25.7 Å². The van der Waals surface area contributed by atoms with Crippen LogP contribution in [0, 0.1) is 5.92 Å². The van der Waals surface area contributed by atoms with Crippen LogP contribution in [0.15, 0.2) is 72.8 Å². The van der Waals surface area contributed by atoms with Gasteiger partial charge in [0.05, 0.1) is 18.8 Å². The Balaban J connectivity index is 1.41. The number of benzene rings is 3. The molecular formula is C34H42O6. The minimum atomic E-state index is -0.741. The standard InChI is InChI=1S/C34H42O6/c1-4-6-7-8-9-10-11-24-37-34(36)40-32-22-16-29(17-23-32)33(35)39-31-20-14-28(15-21-31)27-12-18-30(19-13-27)38-25-26(3)5-2/h12-23,26H,4-11,24-25H2,1-3H3/t26-/m0/s1.